The van der Waals surface area contributed by atoms with Crippen LogP contribution < -0.4 is 9.47 Å². The monoisotopic (exact) mass is 323 g/mol. The largest absolute Gasteiger partial charge is 0.324 e. The van der Waals surface area contributed by atoms with Crippen LogP contribution in [0.4, 0.5) is 5.69 Å². The maximum absolute atomic E-state index is 2.19. The Morgan fingerprint density at radius 1 is 0.680 bits per heavy atom. The van der Waals surface area contributed by atoms with Crippen molar-refractivity contribution < 1.29 is 4.57 Å². The van der Waals surface area contributed by atoms with Crippen LogP contribution in [0.5, 0.6) is 0 Å². The Kier molecular flexibility index (Phi) is 4.25. The molecule has 25 heavy (non-hydrogen) atoms. The first-order valence-electron chi connectivity index (χ1n) is 8.37. The quantitative estimate of drug-likeness (QED) is 0.622. The van der Waals surface area contributed by atoms with Gasteiger partial charge >= 0.3 is 0 Å². The predicted molar refractivity (Wildman–Crippen MR) is 103 cm³/mol. The summed E-state index contributed by atoms with van der Waals surface area (Å²) in [6.07, 6.45) is 14.8. The van der Waals surface area contributed by atoms with E-state index in [1.807, 2.05) is 36.4 Å². The summed E-state index contributed by atoms with van der Waals surface area (Å²) in [7, 11) is 0. The van der Waals surface area contributed by atoms with E-state index in [0.717, 1.165) is 11.4 Å². The minimum Gasteiger partial charge on any atom is -0.324 e. The molecule has 0 radical (unpaired) electrons. The van der Waals surface area contributed by atoms with Crippen molar-refractivity contribution in [1.29, 1.82) is 0 Å². The van der Waals surface area contributed by atoms with E-state index in [1.54, 1.807) is 0 Å². The van der Waals surface area contributed by atoms with Crippen LogP contribution in [0.3, 0.4) is 0 Å². The molecule has 0 amide bonds. The molecule has 0 fully saturated rings. The zero-order valence-corrected chi connectivity index (χ0v) is 13.9. The van der Waals surface area contributed by atoms with Crippen LogP contribution in [0.15, 0.2) is 115 Å². The number of anilines is 1. The van der Waals surface area contributed by atoms with Gasteiger partial charge in [-0.1, -0.05) is 36.4 Å². The van der Waals surface area contributed by atoms with Gasteiger partial charge in [0.25, 0.3) is 0 Å². The molecular formula is C23H19N2+. The summed E-state index contributed by atoms with van der Waals surface area (Å²) in [6.45, 7) is 0. The Morgan fingerprint density at radius 3 is 1.92 bits per heavy atom. The topological polar surface area (TPSA) is 7.12 Å². The first-order valence-corrected chi connectivity index (χ1v) is 8.37. The molecule has 0 saturated heterocycles. The molecule has 0 atom stereocenters. The molecule has 4 rings (SSSR count). The molecule has 0 bridgehead atoms. The van der Waals surface area contributed by atoms with E-state index in [-0.39, 0.29) is 0 Å². The highest BCUT2D eigenvalue weighted by Crippen LogP contribution is 2.20. The summed E-state index contributed by atoms with van der Waals surface area (Å²) in [4.78, 5) is 2.12. The van der Waals surface area contributed by atoms with Gasteiger partial charge in [-0.15, -0.1) is 0 Å². The molecule has 1 aliphatic rings. The second-order valence-electron chi connectivity index (χ2n) is 5.89. The van der Waals surface area contributed by atoms with Crippen molar-refractivity contribution in [2.75, 3.05) is 4.90 Å². The summed E-state index contributed by atoms with van der Waals surface area (Å²) in [5, 5.41) is 0. The lowest BCUT2D eigenvalue weighted by atomic mass is 10.1. The second kappa shape index (κ2) is 7.02. The van der Waals surface area contributed by atoms with Crippen LogP contribution in [-0.4, -0.2) is 0 Å². The van der Waals surface area contributed by atoms with Crippen molar-refractivity contribution in [2.45, 2.75) is 0 Å². The van der Waals surface area contributed by atoms with Gasteiger partial charge in [0.05, 0.1) is 0 Å². The van der Waals surface area contributed by atoms with Crippen molar-refractivity contribution in [2.24, 2.45) is 0 Å². The molecule has 0 aliphatic carbocycles. The molecular weight excluding hydrogens is 304 g/mol. The van der Waals surface area contributed by atoms with Gasteiger partial charge < -0.3 is 4.90 Å². The SMILES string of the molecule is C1=CN(c2ccccc2)C=CC1=Cc1cc[n+](-c2ccccc2)cc1. The van der Waals surface area contributed by atoms with Crippen molar-refractivity contribution in [3.05, 3.63) is 121 Å². The van der Waals surface area contributed by atoms with Gasteiger partial charge in [0.2, 0.25) is 5.69 Å². The maximum atomic E-state index is 2.19. The molecule has 1 aliphatic heterocycles. The van der Waals surface area contributed by atoms with Crippen LogP contribution in [0.2, 0.25) is 0 Å². The van der Waals surface area contributed by atoms with E-state index in [9.17, 15) is 0 Å². The van der Waals surface area contributed by atoms with E-state index in [0.29, 0.717) is 0 Å². The summed E-state index contributed by atoms with van der Waals surface area (Å²) in [6, 6.07) is 24.9. The first-order chi connectivity index (χ1) is 12.4. The zero-order chi connectivity index (χ0) is 16.9. The van der Waals surface area contributed by atoms with E-state index in [1.165, 1.54) is 11.1 Å². The summed E-state index contributed by atoms with van der Waals surface area (Å²) in [5.41, 5.74) is 4.70. The summed E-state index contributed by atoms with van der Waals surface area (Å²) >= 11 is 0. The molecule has 3 aromatic rings. The fourth-order valence-electron chi connectivity index (χ4n) is 2.81. The Hall–Kier alpha value is -3.39. The predicted octanol–water partition coefficient (Wildman–Crippen LogP) is 4.89. The third kappa shape index (κ3) is 3.59. The van der Waals surface area contributed by atoms with Gasteiger partial charge in [0.15, 0.2) is 12.4 Å². The van der Waals surface area contributed by atoms with Gasteiger partial charge in [-0.05, 0) is 41.5 Å². The van der Waals surface area contributed by atoms with Gasteiger partial charge in [-0.2, -0.15) is 4.57 Å². The van der Waals surface area contributed by atoms with Crippen molar-refractivity contribution in [1.82, 2.24) is 0 Å². The lowest BCUT2D eigenvalue weighted by Gasteiger charge is -2.18. The average Bonchev–Trinajstić information content (AvgIpc) is 2.71. The van der Waals surface area contributed by atoms with Crippen LogP contribution in [-0.2, 0) is 0 Å². The number of allylic oxidation sites excluding steroid dienone is 3. The number of rotatable bonds is 3. The third-order valence-corrected chi connectivity index (χ3v) is 4.15. The highest BCUT2D eigenvalue weighted by molar-refractivity contribution is 5.63. The Labute approximate surface area is 148 Å². The number of aromatic nitrogens is 1. The highest BCUT2D eigenvalue weighted by atomic mass is 15.1. The Balaban J connectivity index is 1.50. The zero-order valence-electron chi connectivity index (χ0n) is 13.9. The molecule has 2 aromatic carbocycles. The minimum absolute atomic E-state index is 1.16. The molecule has 2 heteroatoms. The molecule has 2 heterocycles. The lowest BCUT2D eigenvalue weighted by Crippen LogP contribution is -2.28. The van der Waals surface area contributed by atoms with Crippen LogP contribution in [0.1, 0.15) is 5.56 Å². The first kappa shape index (κ1) is 15.2. The number of para-hydroxylation sites is 2. The molecule has 0 unspecified atom stereocenters. The second-order valence-corrected chi connectivity index (χ2v) is 5.89. The number of pyridine rings is 1. The van der Waals surface area contributed by atoms with E-state index < -0.39 is 0 Å². The van der Waals surface area contributed by atoms with Gasteiger partial charge in [-0.3, -0.25) is 0 Å². The maximum Gasteiger partial charge on any atom is 0.210 e. The molecule has 120 valence electrons. The number of nitrogens with zero attached hydrogens (tertiary/aromatic N) is 2. The standard InChI is InChI=1S/C23H19N2/c1-3-7-22(8-4-1)24-15-11-20(12-16-24)19-21-13-17-25(18-14-21)23-9-5-2-6-10-23/h1-19H/q+1. The molecule has 2 nitrogen and oxygen atoms in total. The van der Waals surface area contributed by atoms with Crippen LogP contribution in [0, 0.1) is 0 Å². The van der Waals surface area contributed by atoms with Gasteiger partial charge in [-0.25, -0.2) is 0 Å². The number of hydrogen-bond acceptors (Lipinski definition) is 1. The smallest absolute Gasteiger partial charge is 0.210 e. The van der Waals surface area contributed by atoms with E-state index >= 15 is 0 Å². The van der Waals surface area contributed by atoms with Crippen molar-refractivity contribution in [3.63, 3.8) is 0 Å². The Bertz CT molecular complexity index is 905. The molecule has 0 N–H and O–H groups in total. The normalized spacial score (nSPS) is 13.1. The lowest BCUT2D eigenvalue weighted by molar-refractivity contribution is -0.595. The van der Waals surface area contributed by atoms with Crippen LogP contribution in [0.25, 0.3) is 11.8 Å². The highest BCUT2D eigenvalue weighted by Gasteiger charge is 2.05. The molecule has 0 spiro atoms. The number of benzene rings is 2. The third-order valence-electron chi connectivity index (χ3n) is 4.15. The Morgan fingerprint density at radius 2 is 1.28 bits per heavy atom. The number of hydrogen-bond donors (Lipinski definition) is 0. The summed E-state index contributed by atoms with van der Waals surface area (Å²) < 4.78 is 2.12. The minimum atomic E-state index is 1.16. The van der Waals surface area contributed by atoms with Gasteiger partial charge in [0.1, 0.15) is 0 Å². The molecule has 0 saturated carbocycles. The van der Waals surface area contributed by atoms with E-state index in [2.05, 4.69) is 88.9 Å². The fourth-order valence-corrected chi connectivity index (χ4v) is 2.81. The summed E-state index contributed by atoms with van der Waals surface area (Å²) in [5.74, 6) is 0. The van der Waals surface area contributed by atoms with Crippen molar-refractivity contribution >= 4 is 11.8 Å². The fraction of sp³-hybridized carbons (Fsp3) is 0. The van der Waals surface area contributed by atoms with Crippen molar-refractivity contribution in [3.8, 4) is 5.69 Å². The average molecular weight is 323 g/mol. The van der Waals surface area contributed by atoms with Crippen LogP contribution >= 0.6 is 0 Å². The van der Waals surface area contributed by atoms with E-state index in [4.69, 9.17) is 0 Å². The molecule has 1 aromatic heterocycles. The van der Waals surface area contributed by atoms with Gasteiger partial charge in [0, 0.05) is 42.4 Å².